The second-order valence-corrected chi connectivity index (χ2v) is 12.6. The van der Waals surface area contributed by atoms with Gasteiger partial charge in [0.05, 0.1) is 16.6 Å². The van der Waals surface area contributed by atoms with Crippen LogP contribution in [0.5, 0.6) is 5.75 Å². The van der Waals surface area contributed by atoms with E-state index in [2.05, 4.69) is 30.7 Å². The predicted molar refractivity (Wildman–Crippen MR) is 178 cm³/mol. The average Bonchev–Trinajstić information content (AvgIpc) is 3.48. The number of phenols is 1. The molecule has 0 saturated carbocycles. The molecule has 5 nitrogen and oxygen atoms in total. The minimum absolute atomic E-state index is 0.00898. The molecule has 0 aliphatic carbocycles. The van der Waals surface area contributed by atoms with Gasteiger partial charge in [-0.15, -0.1) is 0 Å². The van der Waals surface area contributed by atoms with Crippen molar-refractivity contribution in [1.82, 2.24) is 15.0 Å². The van der Waals surface area contributed by atoms with Gasteiger partial charge in [0.25, 0.3) is 5.92 Å². The van der Waals surface area contributed by atoms with Crippen LogP contribution in [-0.2, 0) is 11.3 Å². The van der Waals surface area contributed by atoms with Crippen LogP contribution in [0.4, 0.5) is 8.78 Å². The van der Waals surface area contributed by atoms with E-state index in [4.69, 9.17) is 9.40 Å². The molecule has 0 aliphatic rings. The Hall–Kier alpha value is -5.43. The highest BCUT2D eigenvalue weighted by molar-refractivity contribution is 5.97. The molecule has 7 rings (SSSR count). The topological polar surface area (TPSA) is 72.0 Å². The minimum Gasteiger partial charge on any atom is -0.507 e. The van der Waals surface area contributed by atoms with E-state index < -0.39 is 5.92 Å². The van der Waals surface area contributed by atoms with E-state index in [9.17, 15) is 5.11 Å². The quantitative estimate of drug-likeness (QED) is 0.210. The van der Waals surface area contributed by atoms with E-state index in [1.807, 2.05) is 55.5 Å². The molecule has 228 valence electrons. The van der Waals surface area contributed by atoms with Gasteiger partial charge >= 0.3 is 0 Å². The van der Waals surface area contributed by atoms with Gasteiger partial charge in [-0.05, 0) is 77.1 Å². The number of hydrogen-bond acceptors (Lipinski definition) is 5. The summed E-state index contributed by atoms with van der Waals surface area (Å²) in [4.78, 5) is 13.9. The normalized spacial score (nSPS) is 12.2. The summed E-state index contributed by atoms with van der Waals surface area (Å²) in [5.41, 5.74) is 6.87. The number of alkyl halides is 2. The van der Waals surface area contributed by atoms with Crippen LogP contribution >= 0.6 is 0 Å². The van der Waals surface area contributed by atoms with E-state index in [-0.39, 0.29) is 33.8 Å². The Labute approximate surface area is 265 Å². The van der Waals surface area contributed by atoms with Crippen molar-refractivity contribution in [3.63, 3.8) is 0 Å². The summed E-state index contributed by atoms with van der Waals surface area (Å²) in [7, 11) is 0. The smallest absolute Gasteiger partial charge is 0.298 e. The molecule has 7 aromatic rings. The number of pyridine rings is 2. The molecule has 0 radical (unpaired) electrons. The standard InChI is InChI=1S/C39H31F2N3O2/c1-23-15-17-43-36-29(16-18-42-34(23)36)24-9-8-10-25(19-24)30-21-28(39(40,41)26-11-6-5-7-12-26)22-33-35(30)44-37(46-33)31-20-27(38(2,3)4)13-14-32(31)45/h5-22,45H,1-4H3. The van der Waals surface area contributed by atoms with Crippen LogP contribution in [0.1, 0.15) is 43.0 Å². The van der Waals surface area contributed by atoms with Crippen LogP contribution in [-0.4, -0.2) is 20.1 Å². The number of fused-ring (bicyclic) bond motifs is 2. The fourth-order valence-electron chi connectivity index (χ4n) is 5.80. The largest absolute Gasteiger partial charge is 0.507 e. The van der Waals surface area contributed by atoms with Gasteiger partial charge in [0, 0.05) is 34.6 Å². The van der Waals surface area contributed by atoms with Gasteiger partial charge in [-0.3, -0.25) is 9.97 Å². The monoisotopic (exact) mass is 611 g/mol. The molecule has 3 heterocycles. The zero-order valence-corrected chi connectivity index (χ0v) is 25.8. The lowest BCUT2D eigenvalue weighted by molar-refractivity contribution is 0.0429. The van der Waals surface area contributed by atoms with Crippen molar-refractivity contribution in [2.45, 2.75) is 39.0 Å². The fraction of sp³-hybridized carbons (Fsp3) is 0.154. The molecule has 3 aromatic heterocycles. The van der Waals surface area contributed by atoms with Crippen LogP contribution in [0.25, 0.3) is 55.8 Å². The molecule has 0 bridgehead atoms. The lowest BCUT2D eigenvalue weighted by Crippen LogP contribution is -2.15. The third-order valence-corrected chi connectivity index (χ3v) is 8.40. The van der Waals surface area contributed by atoms with E-state index in [0.29, 0.717) is 22.2 Å². The van der Waals surface area contributed by atoms with Gasteiger partial charge in [0.15, 0.2) is 5.58 Å². The van der Waals surface area contributed by atoms with Crippen molar-refractivity contribution in [2.24, 2.45) is 0 Å². The molecule has 0 aliphatic heterocycles. The first-order chi connectivity index (χ1) is 22.0. The summed E-state index contributed by atoms with van der Waals surface area (Å²) in [6.45, 7) is 8.20. The third-order valence-electron chi connectivity index (χ3n) is 8.40. The first-order valence-corrected chi connectivity index (χ1v) is 15.0. The van der Waals surface area contributed by atoms with E-state index in [0.717, 1.165) is 33.3 Å². The molecular weight excluding hydrogens is 580 g/mol. The zero-order chi connectivity index (χ0) is 32.2. The second kappa shape index (κ2) is 10.9. The number of aryl methyl sites for hydroxylation is 1. The molecule has 0 saturated heterocycles. The lowest BCUT2D eigenvalue weighted by Gasteiger charge is -2.19. The van der Waals surface area contributed by atoms with Crippen LogP contribution in [0.3, 0.4) is 0 Å². The number of aromatic hydroxyl groups is 1. The highest BCUT2D eigenvalue weighted by Crippen LogP contribution is 2.43. The molecule has 0 unspecified atom stereocenters. The minimum atomic E-state index is -3.31. The van der Waals surface area contributed by atoms with E-state index in [1.165, 1.54) is 24.3 Å². The Morgan fingerprint density at radius 2 is 1.33 bits per heavy atom. The summed E-state index contributed by atoms with van der Waals surface area (Å²) in [5.74, 6) is -3.17. The molecule has 1 N–H and O–H groups in total. The Morgan fingerprint density at radius 3 is 2.09 bits per heavy atom. The summed E-state index contributed by atoms with van der Waals surface area (Å²) in [6.07, 6.45) is 3.51. The Morgan fingerprint density at radius 1 is 0.630 bits per heavy atom. The van der Waals surface area contributed by atoms with Crippen LogP contribution in [0.2, 0.25) is 0 Å². The Bertz CT molecular complexity index is 2250. The van der Waals surface area contributed by atoms with E-state index >= 15 is 8.78 Å². The van der Waals surface area contributed by atoms with Gasteiger partial charge in [0.2, 0.25) is 5.89 Å². The number of halogens is 2. The van der Waals surface area contributed by atoms with Crippen LogP contribution in [0.15, 0.2) is 114 Å². The molecular formula is C39H31F2N3O2. The van der Waals surface area contributed by atoms with Crippen molar-refractivity contribution in [3.05, 3.63) is 132 Å². The summed E-state index contributed by atoms with van der Waals surface area (Å²) < 4.78 is 38.5. The van der Waals surface area contributed by atoms with Crippen molar-refractivity contribution in [1.29, 1.82) is 0 Å². The van der Waals surface area contributed by atoms with Crippen LogP contribution in [0, 0.1) is 6.92 Å². The molecule has 4 aromatic carbocycles. The summed E-state index contributed by atoms with van der Waals surface area (Å²) >= 11 is 0. The summed E-state index contributed by atoms with van der Waals surface area (Å²) in [5, 5.41) is 10.8. The highest BCUT2D eigenvalue weighted by Gasteiger charge is 2.35. The first-order valence-electron chi connectivity index (χ1n) is 15.0. The Balaban J connectivity index is 1.46. The molecule has 0 atom stereocenters. The lowest BCUT2D eigenvalue weighted by atomic mass is 9.86. The van der Waals surface area contributed by atoms with E-state index in [1.54, 1.807) is 36.7 Å². The maximum atomic E-state index is 16.1. The first kappa shape index (κ1) is 29.3. The van der Waals surface area contributed by atoms with Gasteiger partial charge in [-0.25, -0.2) is 4.98 Å². The molecule has 0 fully saturated rings. The number of phenolic OH excluding ortho intramolecular Hbond substituents is 1. The van der Waals surface area contributed by atoms with Crippen molar-refractivity contribution in [2.75, 3.05) is 0 Å². The third kappa shape index (κ3) is 5.08. The predicted octanol–water partition coefficient (Wildman–Crippen LogP) is 10.2. The number of oxazole rings is 1. The number of hydrogen-bond donors (Lipinski definition) is 1. The summed E-state index contributed by atoms with van der Waals surface area (Å²) in [6, 6.07) is 27.4. The van der Waals surface area contributed by atoms with Crippen molar-refractivity contribution in [3.8, 4) is 39.5 Å². The molecule has 0 amide bonds. The highest BCUT2D eigenvalue weighted by atomic mass is 19.3. The Kier molecular flexibility index (Phi) is 6.93. The zero-order valence-electron chi connectivity index (χ0n) is 25.8. The number of rotatable bonds is 5. The van der Waals surface area contributed by atoms with Crippen molar-refractivity contribution >= 4 is 22.1 Å². The maximum absolute atomic E-state index is 16.1. The number of benzene rings is 4. The second-order valence-electron chi connectivity index (χ2n) is 12.6. The SMILES string of the molecule is Cc1ccnc2c(-c3cccc(-c4cc(C(F)(F)c5ccccc5)cc5oc(-c6cc(C(C)(C)C)ccc6O)nc45)c3)ccnc12. The molecule has 46 heavy (non-hydrogen) atoms. The number of nitrogens with zero attached hydrogens (tertiary/aromatic N) is 3. The average molecular weight is 612 g/mol. The van der Waals surface area contributed by atoms with Gasteiger partial charge in [0.1, 0.15) is 11.3 Å². The van der Waals surface area contributed by atoms with Gasteiger partial charge < -0.3 is 9.52 Å². The fourth-order valence-corrected chi connectivity index (χ4v) is 5.80. The molecule has 0 spiro atoms. The van der Waals surface area contributed by atoms with Gasteiger partial charge in [-0.2, -0.15) is 8.78 Å². The molecule has 7 heteroatoms. The van der Waals surface area contributed by atoms with Gasteiger partial charge in [-0.1, -0.05) is 75.4 Å². The number of aromatic nitrogens is 3. The van der Waals surface area contributed by atoms with Crippen LogP contribution < -0.4 is 0 Å². The van der Waals surface area contributed by atoms with Crippen molar-refractivity contribution < 1.29 is 18.3 Å². The maximum Gasteiger partial charge on any atom is 0.298 e.